The Balaban J connectivity index is 1.60. The van der Waals surface area contributed by atoms with Crippen LogP contribution in [0, 0.1) is 6.92 Å². The first-order valence-electron chi connectivity index (χ1n) is 11.8. The molecule has 1 aliphatic rings. The summed E-state index contributed by atoms with van der Waals surface area (Å²) in [5, 5.41) is 21.3. The Morgan fingerprint density at radius 2 is 1.78 bits per heavy atom. The highest BCUT2D eigenvalue weighted by atomic mass is 16.6. The van der Waals surface area contributed by atoms with Crippen molar-refractivity contribution in [2.75, 3.05) is 34.0 Å². The number of carbonyl (C=O) groups is 1. The van der Waals surface area contributed by atoms with Crippen molar-refractivity contribution in [3.05, 3.63) is 65.0 Å². The molecule has 3 aromatic rings. The van der Waals surface area contributed by atoms with Crippen molar-refractivity contribution in [3.8, 4) is 34.1 Å². The summed E-state index contributed by atoms with van der Waals surface area (Å²) in [5.41, 5.74) is 5.48. The normalized spacial score (nSPS) is 13.4. The molecule has 9 heteroatoms. The lowest BCUT2D eigenvalue weighted by molar-refractivity contribution is -0.140. The average Bonchev–Trinajstić information content (AvgIpc) is 2.92. The van der Waals surface area contributed by atoms with Crippen LogP contribution in [0.25, 0.3) is 23.3 Å². The Morgan fingerprint density at radius 1 is 1.08 bits per heavy atom. The molecular formula is C28H30N2O7. The van der Waals surface area contributed by atoms with Crippen LogP contribution in [-0.4, -0.2) is 61.2 Å². The van der Waals surface area contributed by atoms with Crippen LogP contribution in [-0.2, 0) is 11.3 Å². The summed E-state index contributed by atoms with van der Waals surface area (Å²) in [4.78, 5) is 15.7. The van der Waals surface area contributed by atoms with Crippen LogP contribution in [0.4, 0.5) is 0 Å². The van der Waals surface area contributed by atoms with Gasteiger partial charge < -0.3 is 29.2 Å². The van der Waals surface area contributed by atoms with Crippen molar-refractivity contribution < 1.29 is 34.0 Å². The van der Waals surface area contributed by atoms with Gasteiger partial charge in [0.2, 0.25) is 0 Å². The van der Waals surface area contributed by atoms with Crippen LogP contribution < -0.4 is 24.3 Å². The Bertz CT molecular complexity index is 1280. The molecule has 9 nitrogen and oxygen atoms in total. The molecule has 0 aliphatic carbocycles. The van der Waals surface area contributed by atoms with Gasteiger partial charge in [0.25, 0.3) is 0 Å². The fourth-order valence-corrected chi connectivity index (χ4v) is 4.13. The van der Waals surface area contributed by atoms with Gasteiger partial charge in [-0.05, 0) is 53.4 Å². The standard InChI is InChI=1S/C28H30N2O7/c1-17-20(13-29-14-21(17)19-6-7-24-27(12-19)37-9-8-36-24)5-4-18-10-25(34-2)22(26(11-18)35-3)15-30-23(16-31)28(32)33/h4-7,10-14,23,30-31H,8-9,15-16H2,1-3H3,(H,32,33)/b5-4+/t23-/m0/s1. The summed E-state index contributed by atoms with van der Waals surface area (Å²) in [6, 6.07) is 8.49. The van der Waals surface area contributed by atoms with Crippen LogP contribution in [0.3, 0.4) is 0 Å². The number of aliphatic hydroxyl groups is 1. The minimum absolute atomic E-state index is 0.147. The predicted octanol–water partition coefficient (Wildman–Crippen LogP) is 3.55. The minimum atomic E-state index is -1.14. The molecule has 1 aliphatic heterocycles. The molecule has 0 saturated carbocycles. The maximum Gasteiger partial charge on any atom is 0.323 e. The van der Waals surface area contributed by atoms with Gasteiger partial charge in [0.15, 0.2) is 11.5 Å². The molecule has 1 atom stereocenters. The number of ether oxygens (including phenoxy) is 4. The second-order valence-electron chi connectivity index (χ2n) is 8.45. The fraction of sp³-hybridized carbons (Fsp3) is 0.286. The number of fused-ring (bicyclic) bond motifs is 1. The Morgan fingerprint density at radius 3 is 2.43 bits per heavy atom. The monoisotopic (exact) mass is 506 g/mol. The average molecular weight is 507 g/mol. The van der Waals surface area contributed by atoms with Gasteiger partial charge in [-0.25, -0.2) is 0 Å². The van der Waals surface area contributed by atoms with E-state index in [-0.39, 0.29) is 6.54 Å². The lowest BCUT2D eigenvalue weighted by atomic mass is 9.98. The van der Waals surface area contributed by atoms with Gasteiger partial charge in [0.05, 0.1) is 20.8 Å². The quantitative estimate of drug-likeness (QED) is 0.379. The number of carboxylic acid groups (broad SMARTS) is 1. The van der Waals surface area contributed by atoms with Gasteiger partial charge in [-0.2, -0.15) is 0 Å². The zero-order chi connectivity index (χ0) is 26.4. The number of aromatic nitrogens is 1. The first-order chi connectivity index (χ1) is 17.9. The molecule has 0 radical (unpaired) electrons. The Hall–Kier alpha value is -4.08. The smallest absolute Gasteiger partial charge is 0.323 e. The highest BCUT2D eigenvalue weighted by Gasteiger charge is 2.19. The van der Waals surface area contributed by atoms with Crippen molar-refractivity contribution in [3.63, 3.8) is 0 Å². The van der Waals surface area contributed by atoms with Crippen LogP contribution in [0.1, 0.15) is 22.3 Å². The Kier molecular flexibility index (Phi) is 8.27. The van der Waals surface area contributed by atoms with Gasteiger partial charge in [-0.3, -0.25) is 15.1 Å². The van der Waals surface area contributed by atoms with Crippen molar-refractivity contribution in [1.29, 1.82) is 0 Å². The van der Waals surface area contributed by atoms with E-state index >= 15 is 0 Å². The van der Waals surface area contributed by atoms with Crippen molar-refractivity contribution >= 4 is 18.1 Å². The summed E-state index contributed by atoms with van der Waals surface area (Å²) in [5.74, 6) is 1.41. The van der Waals surface area contributed by atoms with Crippen molar-refractivity contribution in [2.24, 2.45) is 0 Å². The summed E-state index contributed by atoms with van der Waals surface area (Å²) < 4.78 is 22.5. The number of benzene rings is 2. The van der Waals surface area contributed by atoms with Gasteiger partial charge in [0.1, 0.15) is 30.8 Å². The maximum absolute atomic E-state index is 11.2. The molecular weight excluding hydrogens is 476 g/mol. The molecule has 0 amide bonds. The zero-order valence-corrected chi connectivity index (χ0v) is 21.0. The van der Waals surface area contributed by atoms with Crippen LogP contribution >= 0.6 is 0 Å². The lowest BCUT2D eigenvalue weighted by Gasteiger charge is -2.19. The molecule has 2 aromatic carbocycles. The van der Waals surface area contributed by atoms with E-state index in [0.717, 1.165) is 39.3 Å². The molecule has 2 heterocycles. The lowest BCUT2D eigenvalue weighted by Crippen LogP contribution is -2.39. The number of methoxy groups -OCH3 is 2. The predicted molar refractivity (Wildman–Crippen MR) is 139 cm³/mol. The first-order valence-corrected chi connectivity index (χ1v) is 11.8. The number of aliphatic hydroxyl groups excluding tert-OH is 1. The van der Waals surface area contributed by atoms with Crippen LogP contribution in [0.2, 0.25) is 0 Å². The fourth-order valence-electron chi connectivity index (χ4n) is 4.13. The zero-order valence-electron chi connectivity index (χ0n) is 21.0. The topological polar surface area (TPSA) is 119 Å². The number of rotatable bonds is 10. The summed E-state index contributed by atoms with van der Waals surface area (Å²) >= 11 is 0. The highest BCUT2D eigenvalue weighted by molar-refractivity contribution is 5.78. The molecule has 0 bridgehead atoms. The first kappa shape index (κ1) is 26.0. The largest absolute Gasteiger partial charge is 0.496 e. The molecule has 0 fully saturated rings. The SMILES string of the molecule is COc1cc(/C=C/c2cncc(-c3ccc4c(c3)OCCO4)c2C)cc(OC)c1CN[C@@H](CO)C(=O)O. The van der Waals surface area contributed by atoms with Gasteiger partial charge in [-0.15, -0.1) is 0 Å². The van der Waals surface area contributed by atoms with E-state index in [1.54, 1.807) is 6.20 Å². The highest BCUT2D eigenvalue weighted by Crippen LogP contribution is 2.36. The number of pyridine rings is 1. The second-order valence-corrected chi connectivity index (χ2v) is 8.45. The third-order valence-corrected chi connectivity index (χ3v) is 6.20. The van der Waals surface area contributed by atoms with E-state index in [0.29, 0.717) is 30.3 Å². The summed E-state index contributed by atoms with van der Waals surface area (Å²) in [6.07, 6.45) is 7.56. The number of nitrogens with one attached hydrogen (secondary N) is 1. The van der Waals surface area contributed by atoms with Crippen molar-refractivity contribution in [1.82, 2.24) is 10.3 Å². The number of aliphatic carboxylic acids is 1. The van der Waals surface area contributed by atoms with Gasteiger partial charge in [0, 0.05) is 30.1 Å². The van der Waals surface area contributed by atoms with Gasteiger partial charge in [-0.1, -0.05) is 18.2 Å². The minimum Gasteiger partial charge on any atom is -0.496 e. The summed E-state index contributed by atoms with van der Waals surface area (Å²) in [7, 11) is 3.08. The number of hydrogen-bond donors (Lipinski definition) is 3. The molecule has 4 rings (SSSR count). The molecule has 3 N–H and O–H groups in total. The molecule has 37 heavy (non-hydrogen) atoms. The molecule has 0 unspecified atom stereocenters. The van der Waals surface area contributed by atoms with Crippen LogP contribution in [0.15, 0.2) is 42.7 Å². The van der Waals surface area contributed by atoms with E-state index in [4.69, 9.17) is 18.9 Å². The number of hydrogen-bond acceptors (Lipinski definition) is 8. The van der Waals surface area contributed by atoms with E-state index in [1.807, 2.05) is 55.6 Å². The Labute approximate surface area is 215 Å². The second kappa shape index (κ2) is 11.8. The maximum atomic E-state index is 11.2. The summed E-state index contributed by atoms with van der Waals surface area (Å²) in [6.45, 7) is 2.74. The molecule has 0 saturated heterocycles. The van der Waals surface area contributed by atoms with E-state index in [2.05, 4.69) is 10.3 Å². The molecule has 194 valence electrons. The molecule has 1 aromatic heterocycles. The van der Waals surface area contributed by atoms with Crippen molar-refractivity contribution in [2.45, 2.75) is 19.5 Å². The van der Waals surface area contributed by atoms with E-state index in [9.17, 15) is 15.0 Å². The van der Waals surface area contributed by atoms with Crippen LogP contribution in [0.5, 0.6) is 23.0 Å². The van der Waals surface area contributed by atoms with Gasteiger partial charge >= 0.3 is 5.97 Å². The number of nitrogens with zero attached hydrogens (tertiary/aromatic N) is 1. The third-order valence-electron chi connectivity index (χ3n) is 6.20. The molecule has 0 spiro atoms. The van der Waals surface area contributed by atoms with E-state index in [1.165, 1.54) is 14.2 Å². The number of carboxylic acids is 1. The van der Waals surface area contributed by atoms with E-state index < -0.39 is 18.6 Å². The third kappa shape index (κ3) is 5.84.